The van der Waals surface area contributed by atoms with E-state index in [0.29, 0.717) is 35.5 Å². The molecule has 1 aromatic heterocycles. The molecule has 1 heterocycles. The third kappa shape index (κ3) is 4.52. The molecule has 0 unspecified atom stereocenters. The highest BCUT2D eigenvalue weighted by Crippen LogP contribution is 2.75. The first-order chi connectivity index (χ1) is 21.7. The highest BCUT2D eigenvalue weighted by atomic mass is 79.9. The van der Waals surface area contributed by atoms with Crippen LogP contribution in [0.5, 0.6) is 0 Å². The van der Waals surface area contributed by atoms with Gasteiger partial charge in [-0.3, -0.25) is 4.79 Å². The number of esters is 1. The molecule has 6 nitrogen and oxygen atoms in total. The van der Waals surface area contributed by atoms with Crippen molar-refractivity contribution in [3.63, 3.8) is 0 Å². The molecule has 4 saturated carbocycles. The number of ether oxygens (including phenoxy) is 1. The molecule has 7 heteroatoms. The Balaban J connectivity index is 1.18. The average molecular weight is 694 g/mol. The van der Waals surface area contributed by atoms with Gasteiger partial charge in [-0.15, -0.1) is 10.2 Å². The summed E-state index contributed by atoms with van der Waals surface area (Å²) < 4.78 is 13.1. The minimum Gasteiger partial charge on any atom is -0.455 e. The number of aliphatic hydroxyl groups excluding tert-OH is 1. The molecular formula is C39H53BrN2O4. The number of carbonyl (C=O) groups is 1. The topological polar surface area (TPSA) is 85.5 Å². The number of aliphatic hydroxyl groups is 1. The molecule has 5 aliphatic carbocycles. The van der Waals surface area contributed by atoms with E-state index < -0.39 is 5.41 Å². The van der Waals surface area contributed by atoms with E-state index in [2.05, 4.69) is 80.7 Å². The van der Waals surface area contributed by atoms with Gasteiger partial charge < -0.3 is 14.3 Å². The second kappa shape index (κ2) is 11.0. The number of allylic oxidation sites excluding steroid dienone is 2. The molecule has 0 saturated heterocycles. The minimum absolute atomic E-state index is 0.00174. The van der Waals surface area contributed by atoms with Gasteiger partial charge in [-0.2, -0.15) is 0 Å². The lowest BCUT2D eigenvalue weighted by molar-refractivity contribution is -0.207. The first-order valence-electron chi connectivity index (χ1n) is 17.8. The van der Waals surface area contributed by atoms with E-state index in [1.54, 1.807) is 5.57 Å². The fraction of sp³-hybridized carbons (Fsp3) is 0.718. The lowest BCUT2D eigenvalue weighted by Gasteiger charge is -2.71. The Morgan fingerprint density at radius 2 is 1.70 bits per heavy atom. The molecule has 7 rings (SSSR count). The summed E-state index contributed by atoms with van der Waals surface area (Å²) in [6.07, 6.45) is 11.6. The number of carbonyl (C=O) groups excluding carboxylic acids is 1. The van der Waals surface area contributed by atoms with Gasteiger partial charge in [-0.05, 0) is 133 Å². The fourth-order valence-corrected chi connectivity index (χ4v) is 12.4. The summed E-state index contributed by atoms with van der Waals surface area (Å²) in [5, 5.41) is 19.5. The Bertz CT molecular complexity index is 1530. The third-order valence-electron chi connectivity index (χ3n) is 15.3. The normalized spacial score (nSPS) is 42.9. The predicted molar refractivity (Wildman–Crippen MR) is 182 cm³/mol. The lowest BCUT2D eigenvalue weighted by atomic mass is 9.33. The van der Waals surface area contributed by atoms with Crippen LogP contribution >= 0.6 is 15.9 Å². The van der Waals surface area contributed by atoms with Crippen molar-refractivity contribution in [2.24, 2.45) is 56.7 Å². The molecule has 4 fully saturated rings. The second-order valence-corrected chi connectivity index (χ2v) is 18.2. The molecule has 10 atom stereocenters. The number of hydrogen-bond acceptors (Lipinski definition) is 6. The van der Waals surface area contributed by atoms with Crippen molar-refractivity contribution >= 4 is 21.9 Å². The molecular weight excluding hydrogens is 640 g/mol. The quantitative estimate of drug-likeness (QED) is 0.254. The minimum atomic E-state index is -0.521. The predicted octanol–water partition coefficient (Wildman–Crippen LogP) is 9.56. The van der Waals surface area contributed by atoms with Crippen molar-refractivity contribution in [1.29, 1.82) is 0 Å². The van der Waals surface area contributed by atoms with Crippen LogP contribution in [0.4, 0.5) is 0 Å². The van der Waals surface area contributed by atoms with Gasteiger partial charge in [0.25, 0.3) is 5.89 Å². The van der Waals surface area contributed by atoms with E-state index in [4.69, 9.17) is 9.15 Å². The van der Waals surface area contributed by atoms with Crippen LogP contribution in [0.3, 0.4) is 0 Å². The van der Waals surface area contributed by atoms with Gasteiger partial charge in [0, 0.05) is 10.0 Å². The Morgan fingerprint density at radius 1 is 0.957 bits per heavy atom. The van der Waals surface area contributed by atoms with Crippen LogP contribution in [0, 0.1) is 56.7 Å². The number of rotatable bonds is 4. The van der Waals surface area contributed by atoms with Crippen molar-refractivity contribution in [2.75, 3.05) is 0 Å². The van der Waals surface area contributed by atoms with Gasteiger partial charge in [-0.1, -0.05) is 76.0 Å². The Morgan fingerprint density at radius 3 is 2.43 bits per heavy atom. The van der Waals surface area contributed by atoms with Crippen molar-refractivity contribution in [3.8, 4) is 11.5 Å². The van der Waals surface area contributed by atoms with Crippen LogP contribution in [0.2, 0.25) is 0 Å². The summed E-state index contributed by atoms with van der Waals surface area (Å²) in [7, 11) is 0. The molecule has 0 radical (unpaired) electrons. The summed E-state index contributed by atoms with van der Waals surface area (Å²) in [5.41, 5.74) is 2.20. The van der Waals surface area contributed by atoms with E-state index in [0.717, 1.165) is 55.0 Å². The van der Waals surface area contributed by atoms with Crippen molar-refractivity contribution in [1.82, 2.24) is 10.2 Å². The summed E-state index contributed by atoms with van der Waals surface area (Å²) in [5.74, 6) is 2.90. The van der Waals surface area contributed by atoms with Crippen LogP contribution in [-0.2, 0) is 16.1 Å². The molecule has 46 heavy (non-hydrogen) atoms. The van der Waals surface area contributed by atoms with Crippen LogP contribution in [0.15, 0.2) is 44.8 Å². The number of benzene rings is 1. The van der Waals surface area contributed by atoms with Crippen molar-refractivity contribution in [2.45, 2.75) is 119 Å². The maximum atomic E-state index is 14.4. The van der Waals surface area contributed by atoms with E-state index in [9.17, 15) is 9.90 Å². The smallest absolute Gasteiger partial charge is 0.313 e. The fourth-order valence-electron chi connectivity index (χ4n) is 12.1. The van der Waals surface area contributed by atoms with Crippen LogP contribution in [0.1, 0.15) is 112 Å². The highest BCUT2D eigenvalue weighted by molar-refractivity contribution is 9.10. The SMILES string of the molecule is C[C@H]1[C@H](C)CC[C@]2(C(=O)OCc3nnc(-c4ccc(Br)cc4)o3)CC[C@]3(C)C(=CC[C@@H]4[C@@]5(C)CC[C@H](O)C(C)(C)[C@@H]5CC[C@]43C)[C@H]12. The van der Waals surface area contributed by atoms with Gasteiger partial charge in [0.15, 0.2) is 6.61 Å². The summed E-state index contributed by atoms with van der Waals surface area (Å²) in [6.45, 7) is 17.1. The monoisotopic (exact) mass is 692 g/mol. The van der Waals surface area contributed by atoms with Crippen molar-refractivity contribution < 1.29 is 19.1 Å². The number of fused-ring (bicyclic) bond motifs is 7. The van der Waals surface area contributed by atoms with Crippen LogP contribution in [0.25, 0.3) is 11.5 Å². The molecule has 1 aromatic carbocycles. The summed E-state index contributed by atoms with van der Waals surface area (Å²) >= 11 is 3.47. The van der Waals surface area contributed by atoms with E-state index in [-0.39, 0.29) is 46.3 Å². The van der Waals surface area contributed by atoms with E-state index >= 15 is 0 Å². The highest BCUT2D eigenvalue weighted by Gasteiger charge is 2.69. The zero-order valence-electron chi connectivity index (χ0n) is 28.9. The van der Waals surface area contributed by atoms with Gasteiger partial charge in [-0.25, -0.2) is 0 Å². The zero-order chi connectivity index (χ0) is 32.9. The number of hydrogen-bond donors (Lipinski definition) is 1. The molecule has 0 bridgehead atoms. The molecule has 250 valence electrons. The molecule has 0 amide bonds. The van der Waals surface area contributed by atoms with Gasteiger partial charge >= 0.3 is 5.97 Å². The van der Waals surface area contributed by atoms with Crippen molar-refractivity contribution in [3.05, 3.63) is 46.3 Å². The van der Waals surface area contributed by atoms with Gasteiger partial charge in [0.1, 0.15) is 0 Å². The van der Waals surface area contributed by atoms with Crippen LogP contribution < -0.4 is 0 Å². The lowest BCUT2D eigenvalue weighted by Crippen LogP contribution is -2.65. The molecule has 5 aliphatic rings. The second-order valence-electron chi connectivity index (χ2n) is 17.3. The zero-order valence-corrected chi connectivity index (χ0v) is 30.5. The first kappa shape index (κ1) is 32.6. The maximum absolute atomic E-state index is 14.4. The molecule has 1 N–H and O–H groups in total. The third-order valence-corrected chi connectivity index (χ3v) is 15.8. The van der Waals surface area contributed by atoms with E-state index in [1.807, 2.05) is 24.3 Å². The summed E-state index contributed by atoms with van der Waals surface area (Å²) in [6, 6.07) is 7.73. The molecule has 2 aromatic rings. The Kier molecular flexibility index (Phi) is 7.80. The van der Waals surface area contributed by atoms with Gasteiger partial charge in [0.05, 0.1) is 11.5 Å². The largest absolute Gasteiger partial charge is 0.455 e. The van der Waals surface area contributed by atoms with Gasteiger partial charge in [0.2, 0.25) is 5.89 Å². The number of halogens is 1. The van der Waals surface area contributed by atoms with E-state index in [1.165, 1.54) is 12.8 Å². The maximum Gasteiger partial charge on any atom is 0.313 e. The van der Waals surface area contributed by atoms with Crippen LogP contribution in [-0.4, -0.2) is 27.4 Å². The Labute approximate surface area is 283 Å². The molecule has 0 spiro atoms. The summed E-state index contributed by atoms with van der Waals surface area (Å²) in [4.78, 5) is 14.4. The standard InChI is InChI=1S/C39H53BrN2O4/c1-23-14-19-39(34(44)45-22-31-41-42-33(46-31)25-8-10-26(40)11-9-25)21-20-37(6)27(32(39)24(23)2)12-13-29-36(5)17-16-30(43)35(3,4)28(36)15-18-38(29,37)7/h8-12,23-24,28-30,32,43H,13-22H2,1-7H3/t23-,24+,28+,29-,30+,32+,36+,37-,38-,39+/m1/s1. The molecule has 0 aliphatic heterocycles. The average Bonchev–Trinajstić information content (AvgIpc) is 3.49. The Hall–Kier alpha value is -1.99. The first-order valence-corrected chi connectivity index (χ1v) is 18.6. The number of aromatic nitrogens is 2. The number of nitrogens with zero attached hydrogens (tertiary/aromatic N) is 2.